The van der Waals surface area contributed by atoms with Crippen LogP contribution in [0.4, 0.5) is 23.3 Å². The fourth-order valence-corrected chi connectivity index (χ4v) is 2.48. The minimum absolute atomic E-state index is 0.127. The van der Waals surface area contributed by atoms with Gasteiger partial charge in [0.15, 0.2) is 0 Å². The summed E-state index contributed by atoms with van der Waals surface area (Å²) in [5, 5.41) is 14.3. The van der Waals surface area contributed by atoms with E-state index in [1.165, 1.54) is 0 Å². The minimum Gasteiger partial charge on any atom is -0.383 e. The van der Waals surface area contributed by atoms with E-state index < -0.39 is 4.92 Å². The van der Waals surface area contributed by atoms with E-state index in [0.29, 0.717) is 26.2 Å². The molecule has 0 spiro atoms. The van der Waals surface area contributed by atoms with E-state index in [2.05, 4.69) is 27.1 Å². The molecule has 1 aliphatic rings. The molecule has 1 fully saturated rings. The first-order chi connectivity index (χ1) is 11.1. The summed E-state index contributed by atoms with van der Waals surface area (Å²) in [5.74, 6) is 0.425. The first-order valence-corrected chi connectivity index (χ1v) is 7.58. The molecule has 0 aromatic carbocycles. The van der Waals surface area contributed by atoms with Gasteiger partial charge in [0, 0.05) is 39.8 Å². The number of nitrogen functional groups attached to an aromatic ring is 1. The van der Waals surface area contributed by atoms with Crippen molar-refractivity contribution in [2.24, 2.45) is 0 Å². The Balaban J connectivity index is 2.25. The molecule has 1 saturated heterocycles. The number of anilines is 3. The number of methoxy groups -OCH3 is 1. The third kappa shape index (κ3) is 4.17. The highest BCUT2D eigenvalue weighted by Crippen LogP contribution is 2.32. The first-order valence-electron chi connectivity index (χ1n) is 7.58. The highest BCUT2D eigenvalue weighted by molar-refractivity contribution is 5.71. The quantitative estimate of drug-likeness (QED) is 0.410. The smallest absolute Gasteiger partial charge is 0.353 e. The molecule has 0 aliphatic carbocycles. The summed E-state index contributed by atoms with van der Waals surface area (Å²) < 4.78 is 4.95. The van der Waals surface area contributed by atoms with Gasteiger partial charge in [0.05, 0.1) is 11.5 Å². The van der Waals surface area contributed by atoms with Gasteiger partial charge in [-0.05, 0) is 6.54 Å². The molecule has 10 nitrogen and oxygen atoms in total. The molecule has 23 heavy (non-hydrogen) atoms. The number of nitrogens with one attached hydrogen (secondary N) is 1. The maximum absolute atomic E-state index is 11.3. The fourth-order valence-electron chi connectivity index (χ4n) is 2.48. The Labute approximate surface area is 134 Å². The fraction of sp³-hybridized carbons (Fsp3) is 0.692. The second-order valence-electron chi connectivity index (χ2n) is 5.20. The van der Waals surface area contributed by atoms with Crippen LogP contribution in [0.3, 0.4) is 0 Å². The zero-order chi connectivity index (χ0) is 16.8. The van der Waals surface area contributed by atoms with Crippen molar-refractivity contribution in [3.8, 4) is 0 Å². The van der Waals surface area contributed by atoms with Crippen LogP contribution in [0, 0.1) is 10.1 Å². The molecule has 0 unspecified atom stereocenters. The molecule has 1 aromatic heterocycles. The molecule has 0 amide bonds. The summed E-state index contributed by atoms with van der Waals surface area (Å²) in [7, 11) is 1.59. The summed E-state index contributed by atoms with van der Waals surface area (Å²) >= 11 is 0. The Bertz CT molecular complexity index is 547. The normalized spacial score (nSPS) is 15.7. The molecular formula is C13H23N7O3. The van der Waals surface area contributed by atoms with Crippen molar-refractivity contribution < 1.29 is 9.66 Å². The molecule has 0 saturated carbocycles. The lowest BCUT2D eigenvalue weighted by atomic mass is 10.3. The van der Waals surface area contributed by atoms with Crippen molar-refractivity contribution in [2.45, 2.75) is 6.92 Å². The zero-order valence-electron chi connectivity index (χ0n) is 13.5. The van der Waals surface area contributed by atoms with Crippen molar-refractivity contribution in [2.75, 3.05) is 68.9 Å². The van der Waals surface area contributed by atoms with E-state index in [1.54, 1.807) is 7.11 Å². The molecule has 2 rings (SSSR count). The molecule has 1 aliphatic heterocycles. The van der Waals surface area contributed by atoms with Crippen LogP contribution in [-0.4, -0.2) is 72.8 Å². The van der Waals surface area contributed by atoms with Crippen molar-refractivity contribution in [1.82, 2.24) is 14.9 Å². The van der Waals surface area contributed by atoms with Gasteiger partial charge in [-0.1, -0.05) is 6.92 Å². The highest BCUT2D eigenvalue weighted by Gasteiger charge is 2.29. The van der Waals surface area contributed by atoms with E-state index in [0.717, 1.165) is 19.6 Å². The lowest BCUT2D eigenvalue weighted by Crippen LogP contribution is -2.46. The van der Waals surface area contributed by atoms with Gasteiger partial charge in [-0.2, -0.15) is 9.97 Å². The van der Waals surface area contributed by atoms with Crippen LogP contribution in [0.1, 0.15) is 6.92 Å². The van der Waals surface area contributed by atoms with Crippen molar-refractivity contribution >= 4 is 23.3 Å². The van der Waals surface area contributed by atoms with Crippen LogP contribution in [-0.2, 0) is 4.74 Å². The maximum atomic E-state index is 11.3. The van der Waals surface area contributed by atoms with Crippen LogP contribution < -0.4 is 16.0 Å². The molecule has 2 heterocycles. The molecule has 0 bridgehead atoms. The van der Waals surface area contributed by atoms with Gasteiger partial charge < -0.3 is 25.6 Å². The first kappa shape index (κ1) is 17.2. The van der Waals surface area contributed by atoms with Crippen LogP contribution in [0.15, 0.2) is 0 Å². The Morgan fingerprint density at radius 1 is 1.35 bits per heavy atom. The number of nitro groups is 1. The monoisotopic (exact) mass is 325 g/mol. The molecular weight excluding hydrogens is 302 g/mol. The molecule has 10 heteroatoms. The van der Waals surface area contributed by atoms with Crippen LogP contribution in [0.2, 0.25) is 0 Å². The van der Waals surface area contributed by atoms with Gasteiger partial charge in [0.1, 0.15) is 0 Å². The maximum Gasteiger partial charge on any atom is 0.353 e. The molecule has 3 N–H and O–H groups in total. The van der Waals surface area contributed by atoms with Crippen molar-refractivity contribution in [3.63, 3.8) is 0 Å². The number of piperazine rings is 1. The van der Waals surface area contributed by atoms with Gasteiger partial charge in [-0.15, -0.1) is 0 Å². The zero-order valence-corrected chi connectivity index (χ0v) is 13.5. The van der Waals surface area contributed by atoms with Gasteiger partial charge >= 0.3 is 5.69 Å². The lowest BCUT2D eigenvalue weighted by Gasteiger charge is -2.34. The predicted octanol–water partition coefficient (Wildman–Crippen LogP) is 0.167. The Kier molecular flexibility index (Phi) is 5.88. The average molecular weight is 325 g/mol. The van der Waals surface area contributed by atoms with E-state index in [9.17, 15) is 10.1 Å². The summed E-state index contributed by atoms with van der Waals surface area (Å²) in [4.78, 5) is 23.3. The number of aromatic nitrogens is 2. The number of rotatable bonds is 7. The molecule has 1 aromatic rings. The Morgan fingerprint density at radius 3 is 2.61 bits per heavy atom. The van der Waals surface area contributed by atoms with Crippen LogP contribution >= 0.6 is 0 Å². The number of hydrogen-bond acceptors (Lipinski definition) is 9. The standard InChI is InChI=1S/C13H23N7O3/c1-3-18-5-7-19(8-6-18)12-10(20(21)22)11(14)16-13(17-12)15-4-9-23-2/h3-9H2,1-2H3,(H3,14,15,16,17). The van der Waals surface area contributed by atoms with E-state index in [-0.39, 0.29) is 23.3 Å². The average Bonchev–Trinajstić information content (AvgIpc) is 2.54. The van der Waals surface area contributed by atoms with Crippen molar-refractivity contribution in [3.05, 3.63) is 10.1 Å². The highest BCUT2D eigenvalue weighted by atomic mass is 16.6. The number of nitrogens with zero attached hydrogens (tertiary/aromatic N) is 5. The lowest BCUT2D eigenvalue weighted by molar-refractivity contribution is -0.383. The summed E-state index contributed by atoms with van der Waals surface area (Å²) in [6.45, 7) is 7.05. The topological polar surface area (TPSA) is 123 Å². The number of nitrogens with two attached hydrogens (primary N) is 1. The Hall–Kier alpha value is -2.20. The van der Waals surface area contributed by atoms with Crippen LogP contribution in [0.25, 0.3) is 0 Å². The summed E-state index contributed by atoms with van der Waals surface area (Å²) in [6, 6.07) is 0. The van der Waals surface area contributed by atoms with E-state index in [4.69, 9.17) is 10.5 Å². The van der Waals surface area contributed by atoms with E-state index in [1.807, 2.05) is 4.90 Å². The summed E-state index contributed by atoms with van der Waals surface area (Å²) in [5.41, 5.74) is 5.56. The minimum atomic E-state index is -0.518. The predicted molar refractivity (Wildman–Crippen MR) is 87.8 cm³/mol. The molecule has 0 radical (unpaired) electrons. The van der Waals surface area contributed by atoms with Crippen molar-refractivity contribution in [1.29, 1.82) is 0 Å². The number of likely N-dealkylation sites (N-methyl/N-ethyl adjacent to an activating group) is 1. The SMILES string of the molecule is CCN1CCN(c2nc(NCCOC)nc(N)c2[N+](=O)[O-])CC1. The van der Waals surface area contributed by atoms with Gasteiger partial charge in [-0.25, -0.2) is 0 Å². The molecule has 0 atom stereocenters. The number of ether oxygens (including phenoxy) is 1. The van der Waals surface area contributed by atoms with Crippen LogP contribution in [0.5, 0.6) is 0 Å². The van der Waals surface area contributed by atoms with Gasteiger partial charge in [0.25, 0.3) is 0 Å². The van der Waals surface area contributed by atoms with E-state index >= 15 is 0 Å². The van der Waals surface area contributed by atoms with Gasteiger partial charge in [-0.3, -0.25) is 10.1 Å². The second-order valence-corrected chi connectivity index (χ2v) is 5.20. The number of hydrogen-bond donors (Lipinski definition) is 2. The summed E-state index contributed by atoms with van der Waals surface area (Å²) in [6.07, 6.45) is 0. The largest absolute Gasteiger partial charge is 0.383 e. The third-order valence-corrected chi connectivity index (χ3v) is 3.78. The molecule has 128 valence electrons. The second kappa shape index (κ2) is 7.88. The Morgan fingerprint density at radius 2 is 2.04 bits per heavy atom. The third-order valence-electron chi connectivity index (χ3n) is 3.78. The van der Waals surface area contributed by atoms with Gasteiger partial charge in [0.2, 0.25) is 17.6 Å².